The number of nitrogens with one attached hydrogen (secondary N) is 1. The van der Waals surface area contributed by atoms with Crippen molar-refractivity contribution in [3.63, 3.8) is 0 Å². The highest BCUT2D eigenvalue weighted by Crippen LogP contribution is 2.23. The van der Waals surface area contributed by atoms with Crippen molar-refractivity contribution in [2.45, 2.75) is 20.3 Å². The van der Waals surface area contributed by atoms with E-state index in [2.05, 4.69) is 5.32 Å². The van der Waals surface area contributed by atoms with Crippen LogP contribution < -0.4 is 10.1 Å². The van der Waals surface area contributed by atoms with E-state index in [-0.39, 0.29) is 23.7 Å². The molecule has 0 radical (unpaired) electrons. The summed E-state index contributed by atoms with van der Waals surface area (Å²) in [6.45, 7) is 3.67. The fraction of sp³-hybridized carbons (Fsp3) is 0.300. The van der Waals surface area contributed by atoms with Gasteiger partial charge >= 0.3 is 0 Å². The Bertz CT molecular complexity index is 882. The molecule has 28 heavy (non-hydrogen) atoms. The number of hydrogen-bond acceptors (Lipinski definition) is 5. The summed E-state index contributed by atoms with van der Waals surface area (Å²) in [7, 11) is 1.50. The van der Waals surface area contributed by atoms with Crippen molar-refractivity contribution in [3.8, 4) is 5.75 Å². The van der Waals surface area contributed by atoms with Gasteiger partial charge in [-0.3, -0.25) is 19.7 Å². The lowest BCUT2D eigenvalue weighted by Crippen LogP contribution is -2.38. The fourth-order valence-electron chi connectivity index (χ4n) is 2.76. The van der Waals surface area contributed by atoms with Gasteiger partial charge in [0.25, 0.3) is 11.6 Å². The number of para-hydroxylation sites is 2. The van der Waals surface area contributed by atoms with Gasteiger partial charge in [0, 0.05) is 23.7 Å². The van der Waals surface area contributed by atoms with Crippen molar-refractivity contribution < 1.29 is 19.2 Å². The largest absolute Gasteiger partial charge is 0.495 e. The van der Waals surface area contributed by atoms with Gasteiger partial charge in [-0.1, -0.05) is 25.1 Å². The summed E-state index contributed by atoms with van der Waals surface area (Å²) >= 11 is 0. The number of anilines is 1. The molecule has 2 rings (SSSR count). The third kappa shape index (κ3) is 5.06. The number of hydrogen-bond donors (Lipinski definition) is 1. The highest BCUT2D eigenvalue weighted by atomic mass is 16.6. The summed E-state index contributed by atoms with van der Waals surface area (Å²) in [5.41, 5.74) is 1.03. The zero-order valence-electron chi connectivity index (χ0n) is 16.1. The first-order chi connectivity index (χ1) is 13.4. The third-order valence-electron chi connectivity index (χ3n) is 4.15. The number of benzene rings is 2. The van der Waals surface area contributed by atoms with E-state index in [1.165, 1.54) is 30.2 Å². The maximum Gasteiger partial charge on any atom is 0.273 e. The van der Waals surface area contributed by atoms with Crippen molar-refractivity contribution in [1.29, 1.82) is 0 Å². The smallest absolute Gasteiger partial charge is 0.273 e. The standard InChI is InChI=1S/C20H23N3O5/c1-4-11-22(13-19(24)21-16-7-5-6-8-18(16)28-3)20(25)15-10-9-14(2)17(12-15)23(26)27/h5-10,12H,4,11,13H2,1-3H3,(H,21,24). The highest BCUT2D eigenvalue weighted by molar-refractivity contribution is 6.00. The molecule has 0 aromatic heterocycles. The van der Waals surface area contributed by atoms with Crippen LogP contribution in [0.3, 0.4) is 0 Å². The van der Waals surface area contributed by atoms with Gasteiger partial charge in [-0.2, -0.15) is 0 Å². The number of carbonyl (C=O) groups is 2. The number of nitrogens with zero attached hydrogens (tertiary/aromatic N) is 2. The molecule has 0 unspecified atom stereocenters. The number of rotatable bonds is 8. The van der Waals surface area contributed by atoms with E-state index in [0.717, 1.165) is 0 Å². The molecule has 0 fully saturated rings. The molecule has 148 valence electrons. The molecule has 0 aliphatic heterocycles. The minimum absolute atomic E-state index is 0.124. The lowest BCUT2D eigenvalue weighted by atomic mass is 10.1. The van der Waals surface area contributed by atoms with E-state index in [1.54, 1.807) is 31.2 Å². The first-order valence-corrected chi connectivity index (χ1v) is 8.84. The Labute approximate surface area is 163 Å². The van der Waals surface area contributed by atoms with Gasteiger partial charge in [0.05, 0.1) is 17.7 Å². The van der Waals surface area contributed by atoms with E-state index in [4.69, 9.17) is 4.74 Å². The topological polar surface area (TPSA) is 102 Å². The van der Waals surface area contributed by atoms with Crippen LogP contribution in [0, 0.1) is 17.0 Å². The minimum atomic E-state index is -0.523. The van der Waals surface area contributed by atoms with Crippen LogP contribution in [0.2, 0.25) is 0 Å². The normalized spacial score (nSPS) is 10.2. The van der Waals surface area contributed by atoms with E-state index in [9.17, 15) is 19.7 Å². The highest BCUT2D eigenvalue weighted by Gasteiger charge is 2.21. The van der Waals surface area contributed by atoms with E-state index in [1.807, 2.05) is 6.92 Å². The van der Waals surface area contributed by atoms with Crippen LogP contribution in [-0.2, 0) is 4.79 Å². The Kier molecular flexibility index (Phi) is 7.08. The van der Waals surface area contributed by atoms with Gasteiger partial charge in [0.1, 0.15) is 12.3 Å². The lowest BCUT2D eigenvalue weighted by Gasteiger charge is -2.22. The second-order valence-corrected chi connectivity index (χ2v) is 6.23. The summed E-state index contributed by atoms with van der Waals surface area (Å²) in [5.74, 6) is -0.300. The SMILES string of the molecule is CCCN(CC(=O)Nc1ccccc1OC)C(=O)c1ccc(C)c([N+](=O)[O-])c1. The molecule has 0 saturated carbocycles. The van der Waals surface area contributed by atoms with E-state index < -0.39 is 10.8 Å². The number of nitro groups is 1. The maximum absolute atomic E-state index is 12.8. The minimum Gasteiger partial charge on any atom is -0.495 e. The molecule has 0 aliphatic rings. The molecule has 8 nitrogen and oxygen atoms in total. The lowest BCUT2D eigenvalue weighted by molar-refractivity contribution is -0.385. The molecular formula is C20H23N3O5. The predicted molar refractivity (Wildman–Crippen MR) is 106 cm³/mol. The van der Waals surface area contributed by atoms with Gasteiger partial charge in [0.15, 0.2) is 0 Å². The molecule has 8 heteroatoms. The average molecular weight is 385 g/mol. The Morgan fingerprint density at radius 1 is 1.21 bits per heavy atom. The van der Waals surface area contributed by atoms with Crippen molar-refractivity contribution in [2.75, 3.05) is 25.5 Å². The zero-order valence-corrected chi connectivity index (χ0v) is 16.1. The molecule has 2 aromatic rings. The Morgan fingerprint density at radius 3 is 2.57 bits per heavy atom. The number of ether oxygens (including phenoxy) is 1. The summed E-state index contributed by atoms with van der Waals surface area (Å²) < 4.78 is 5.20. The number of amides is 2. The first-order valence-electron chi connectivity index (χ1n) is 8.84. The van der Waals surface area contributed by atoms with E-state index in [0.29, 0.717) is 30.0 Å². The number of carbonyl (C=O) groups excluding carboxylic acids is 2. The predicted octanol–water partition coefficient (Wildman–Crippen LogP) is 3.40. The molecule has 0 aliphatic carbocycles. The second-order valence-electron chi connectivity index (χ2n) is 6.23. The Balaban J connectivity index is 2.18. The monoisotopic (exact) mass is 385 g/mol. The van der Waals surface area contributed by atoms with Gasteiger partial charge in [0.2, 0.25) is 5.91 Å². The maximum atomic E-state index is 12.8. The van der Waals surface area contributed by atoms with Crippen LogP contribution in [0.15, 0.2) is 42.5 Å². The van der Waals surface area contributed by atoms with Gasteiger partial charge in [-0.05, 0) is 31.5 Å². The zero-order chi connectivity index (χ0) is 20.7. The Hall–Kier alpha value is -3.42. The van der Waals surface area contributed by atoms with Crippen LogP contribution in [0.5, 0.6) is 5.75 Å². The first kappa shape index (κ1) is 20.9. The molecule has 0 atom stereocenters. The molecule has 2 amide bonds. The van der Waals surface area contributed by atoms with Crippen LogP contribution in [0.1, 0.15) is 29.3 Å². The fourth-order valence-corrected chi connectivity index (χ4v) is 2.76. The van der Waals surface area contributed by atoms with Gasteiger partial charge in [-0.25, -0.2) is 0 Å². The summed E-state index contributed by atoms with van der Waals surface area (Å²) in [6.07, 6.45) is 0.641. The Morgan fingerprint density at radius 2 is 1.93 bits per heavy atom. The van der Waals surface area contributed by atoms with Crippen molar-refractivity contribution >= 4 is 23.2 Å². The summed E-state index contributed by atoms with van der Waals surface area (Å²) in [4.78, 5) is 37.3. The van der Waals surface area contributed by atoms with Crippen LogP contribution in [0.25, 0.3) is 0 Å². The summed E-state index contributed by atoms with van der Waals surface area (Å²) in [5, 5.41) is 13.9. The van der Waals surface area contributed by atoms with Crippen LogP contribution in [0.4, 0.5) is 11.4 Å². The number of nitro benzene ring substituents is 1. The molecule has 0 saturated heterocycles. The molecule has 0 spiro atoms. The molecule has 1 N–H and O–H groups in total. The number of methoxy groups -OCH3 is 1. The summed E-state index contributed by atoms with van der Waals surface area (Å²) in [6, 6.07) is 11.3. The van der Waals surface area contributed by atoms with Gasteiger partial charge in [-0.15, -0.1) is 0 Å². The van der Waals surface area contributed by atoms with Crippen molar-refractivity contribution in [1.82, 2.24) is 4.90 Å². The second kappa shape index (κ2) is 9.50. The molecule has 0 bridgehead atoms. The average Bonchev–Trinajstić information content (AvgIpc) is 2.67. The van der Waals surface area contributed by atoms with Gasteiger partial charge < -0.3 is 15.0 Å². The van der Waals surface area contributed by atoms with E-state index >= 15 is 0 Å². The third-order valence-corrected chi connectivity index (χ3v) is 4.15. The van der Waals surface area contributed by atoms with Crippen molar-refractivity contribution in [2.24, 2.45) is 0 Å². The van der Waals surface area contributed by atoms with Crippen LogP contribution >= 0.6 is 0 Å². The quantitative estimate of drug-likeness (QED) is 0.554. The van der Waals surface area contributed by atoms with Crippen molar-refractivity contribution in [3.05, 3.63) is 63.7 Å². The van der Waals surface area contributed by atoms with Crippen LogP contribution in [-0.4, -0.2) is 41.8 Å². The molecule has 2 aromatic carbocycles. The molecular weight excluding hydrogens is 362 g/mol. The molecule has 0 heterocycles. The number of aryl methyl sites for hydroxylation is 1.